The van der Waals surface area contributed by atoms with E-state index in [4.69, 9.17) is 35.4 Å². The summed E-state index contributed by atoms with van der Waals surface area (Å²) in [5.74, 6) is 0. The third-order valence-corrected chi connectivity index (χ3v) is 12.8. The summed E-state index contributed by atoms with van der Waals surface area (Å²) in [5, 5.41) is 0. The van der Waals surface area contributed by atoms with Crippen LogP contribution in [0.25, 0.3) is 0 Å². The van der Waals surface area contributed by atoms with E-state index in [-0.39, 0.29) is 0 Å². The van der Waals surface area contributed by atoms with Crippen LogP contribution in [0.15, 0.2) is 0 Å². The quantitative estimate of drug-likeness (QED) is 0.246. The van der Waals surface area contributed by atoms with Crippen LogP contribution < -0.4 is 0 Å². The molecule has 0 fully saturated rings. The summed E-state index contributed by atoms with van der Waals surface area (Å²) in [6.07, 6.45) is 2.93. The van der Waals surface area contributed by atoms with Gasteiger partial charge in [0.2, 0.25) is 0 Å². The molecule has 0 aromatic carbocycles. The van der Waals surface area contributed by atoms with Crippen LogP contribution in [0.2, 0.25) is 18.1 Å². The lowest BCUT2D eigenvalue weighted by Gasteiger charge is -2.28. The molecule has 0 aliphatic heterocycles. The maximum absolute atomic E-state index is 5.53. The largest absolute Gasteiger partial charge is 0.500 e. The van der Waals surface area contributed by atoms with E-state index in [1.54, 1.807) is 56.9 Å². The van der Waals surface area contributed by atoms with Crippen molar-refractivity contribution in [2.24, 2.45) is 0 Å². The van der Waals surface area contributed by atoms with Crippen LogP contribution in [0.3, 0.4) is 0 Å². The number of rotatable bonds is 20. The molecule has 29 heavy (non-hydrogen) atoms. The van der Waals surface area contributed by atoms with Crippen molar-refractivity contribution in [3.05, 3.63) is 0 Å². The highest BCUT2D eigenvalue weighted by Crippen LogP contribution is 2.18. The van der Waals surface area contributed by atoms with Crippen LogP contribution in [-0.4, -0.2) is 108 Å². The summed E-state index contributed by atoms with van der Waals surface area (Å²) >= 11 is 0. The number of hydrogen-bond acceptors (Lipinski definition) is 9. The van der Waals surface area contributed by atoms with Gasteiger partial charge in [0.15, 0.2) is 0 Å². The SMILES string of the molecule is CO[SiH](CCCN(CCC[Si](OC)(OC)OC)CCC[Si](OC)(OC)OC)OC. The molecule has 0 heterocycles. The van der Waals surface area contributed by atoms with E-state index in [0.717, 1.165) is 57.0 Å². The zero-order valence-corrected chi connectivity index (χ0v) is 22.8. The predicted molar refractivity (Wildman–Crippen MR) is 119 cm³/mol. The van der Waals surface area contributed by atoms with Crippen LogP contribution in [-0.2, 0) is 35.4 Å². The van der Waals surface area contributed by atoms with Crippen molar-refractivity contribution in [3.63, 3.8) is 0 Å². The van der Waals surface area contributed by atoms with Gasteiger partial charge < -0.3 is 40.3 Å². The van der Waals surface area contributed by atoms with Crippen molar-refractivity contribution in [3.8, 4) is 0 Å². The van der Waals surface area contributed by atoms with Crippen molar-refractivity contribution < 1.29 is 35.4 Å². The first kappa shape index (κ1) is 29.3. The molecule has 9 nitrogen and oxygen atoms in total. The highest BCUT2D eigenvalue weighted by Gasteiger charge is 2.38. The Labute approximate surface area is 181 Å². The van der Waals surface area contributed by atoms with Crippen molar-refractivity contribution in [2.45, 2.75) is 37.4 Å². The molecule has 0 saturated carbocycles. The second-order valence-electron chi connectivity index (χ2n) is 6.68. The van der Waals surface area contributed by atoms with Gasteiger partial charge in [-0.3, -0.25) is 0 Å². The standard InChI is InChI=1S/C17H43NO8Si3/c1-19-27(20-2)15-9-12-18(13-10-16-28(21-3,22-4)23-5)14-11-17-29(24-6,25-7)26-8/h27H,9-17H2,1-8H3. The minimum Gasteiger partial charge on any atom is -0.400 e. The van der Waals surface area contributed by atoms with Gasteiger partial charge in [-0.15, -0.1) is 0 Å². The van der Waals surface area contributed by atoms with Gasteiger partial charge in [-0.05, 0) is 44.9 Å². The molecule has 0 bridgehead atoms. The summed E-state index contributed by atoms with van der Waals surface area (Å²) in [7, 11) is 6.79. The highest BCUT2D eigenvalue weighted by atomic mass is 28.4. The van der Waals surface area contributed by atoms with Crippen LogP contribution in [0.1, 0.15) is 19.3 Å². The molecule has 176 valence electrons. The lowest BCUT2D eigenvalue weighted by atomic mass is 10.3. The topological polar surface area (TPSA) is 77.1 Å². The fraction of sp³-hybridized carbons (Fsp3) is 1.00. The molecule has 0 amide bonds. The molecule has 0 saturated heterocycles. The molecule has 12 heteroatoms. The predicted octanol–water partition coefficient (Wildman–Crippen LogP) is 1.73. The summed E-state index contributed by atoms with van der Waals surface area (Å²) in [6.45, 7) is 2.87. The van der Waals surface area contributed by atoms with Crippen LogP contribution in [0.5, 0.6) is 0 Å². The van der Waals surface area contributed by atoms with Crippen molar-refractivity contribution in [1.82, 2.24) is 4.90 Å². The first-order valence-electron chi connectivity index (χ1n) is 10.0. The smallest absolute Gasteiger partial charge is 0.400 e. The second-order valence-corrected chi connectivity index (χ2v) is 15.2. The van der Waals surface area contributed by atoms with E-state index in [1.165, 1.54) is 0 Å². The Hall–Kier alpha value is 0.291. The maximum atomic E-state index is 5.53. The Balaban J connectivity index is 4.70. The molecule has 0 unspecified atom stereocenters. The summed E-state index contributed by atoms with van der Waals surface area (Å²) < 4.78 is 44.1. The van der Waals surface area contributed by atoms with Gasteiger partial charge in [0.25, 0.3) is 0 Å². The van der Waals surface area contributed by atoms with Crippen LogP contribution in [0.4, 0.5) is 0 Å². The third-order valence-electron chi connectivity index (χ3n) is 5.22. The zero-order chi connectivity index (χ0) is 22.2. The van der Waals surface area contributed by atoms with Crippen molar-refractivity contribution in [2.75, 3.05) is 76.5 Å². The molecule has 0 aromatic heterocycles. The van der Waals surface area contributed by atoms with E-state index in [0.29, 0.717) is 0 Å². The van der Waals surface area contributed by atoms with Gasteiger partial charge in [-0.2, -0.15) is 0 Å². The third kappa shape index (κ3) is 10.9. The van der Waals surface area contributed by atoms with Gasteiger partial charge in [0.05, 0.1) is 0 Å². The Morgan fingerprint density at radius 2 is 0.897 bits per heavy atom. The average Bonchev–Trinajstić information content (AvgIpc) is 2.77. The zero-order valence-electron chi connectivity index (χ0n) is 19.7. The normalized spacial score (nSPS) is 13.0. The van der Waals surface area contributed by atoms with Crippen molar-refractivity contribution >= 4 is 26.9 Å². The monoisotopic (exact) mass is 473 g/mol. The Bertz CT molecular complexity index is 343. The molecule has 0 atom stereocenters. The lowest BCUT2D eigenvalue weighted by Crippen LogP contribution is -2.44. The van der Waals surface area contributed by atoms with Gasteiger partial charge in [0, 0.05) is 69.0 Å². The molecule has 0 aliphatic rings. The molecule has 0 aromatic rings. The summed E-state index contributed by atoms with van der Waals surface area (Å²) in [6, 6.07) is 2.56. The van der Waals surface area contributed by atoms with E-state index >= 15 is 0 Å². The summed E-state index contributed by atoms with van der Waals surface area (Å²) in [4.78, 5) is 2.46. The molecule has 0 spiro atoms. The van der Waals surface area contributed by atoms with E-state index in [1.807, 2.05) is 0 Å². The van der Waals surface area contributed by atoms with E-state index < -0.39 is 26.9 Å². The fourth-order valence-electron chi connectivity index (χ4n) is 3.30. The Kier molecular flexibility index (Phi) is 17.1. The fourth-order valence-corrected chi connectivity index (χ4v) is 7.89. The Morgan fingerprint density at radius 1 is 0.552 bits per heavy atom. The van der Waals surface area contributed by atoms with Gasteiger partial charge >= 0.3 is 26.9 Å². The highest BCUT2D eigenvalue weighted by molar-refractivity contribution is 6.60. The maximum Gasteiger partial charge on any atom is 0.500 e. The van der Waals surface area contributed by atoms with Gasteiger partial charge in [0.1, 0.15) is 0 Å². The Morgan fingerprint density at radius 3 is 1.21 bits per heavy atom. The van der Waals surface area contributed by atoms with E-state index in [9.17, 15) is 0 Å². The van der Waals surface area contributed by atoms with E-state index in [2.05, 4.69) is 4.90 Å². The van der Waals surface area contributed by atoms with Crippen LogP contribution in [0, 0.1) is 0 Å². The molecule has 0 N–H and O–H groups in total. The minimum atomic E-state index is -2.54. The number of nitrogens with zero attached hydrogens (tertiary/aromatic N) is 1. The van der Waals surface area contributed by atoms with Gasteiger partial charge in [-0.1, -0.05) is 0 Å². The molecular formula is C17H43NO8Si3. The molecular weight excluding hydrogens is 430 g/mol. The minimum absolute atomic E-state index is 0.785. The first-order chi connectivity index (χ1) is 13.9. The lowest BCUT2D eigenvalue weighted by molar-refractivity contribution is 0.119. The summed E-state index contributed by atoms with van der Waals surface area (Å²) in [5.41, 5.74) is 0. The van der Waals surface area contributed by atoms with Crippen molar-refractivity contribution in [1.29, 1.82) is 0 Å². The molecule has 0 aliphatic carbocycles. The second kappa shape index (κ2) is 16.9. The molecule has 0 rings (SSSR count). The molecule has 0 radical (unpaired) electrons. The average molecular weight is 474 g/mol. The van der Waals surface area contributed by atoms with Gasteiger partial charge in [-0.25, -0.2) is 0 Å². The number of hydrogen-bond donors (Lipinski definition) is 0. The first-order valence-corrected chi connectivity index (χ1v) is 15.6. The van der Waals surface area contributed by atoms with Crippen LogP contribution >= 0.6 is 0 Å².